The van der Waals surface area contributed by atoms with Crippen LogP contribution in [0.4, 0.5) is 0 Å². The Morgan fingerprint density at radius 3 is 2.43 bits per heavy atom. The molecule has 4 aromatic rings. The number of esters is 1. The van der Waals surface area contributed by atoms with Gasteiger partial charge in [-0.05, 0) is 58.1 Å². The van der Waals surface area contributed by atoms with E-state index in [1.54, 1.807) is 22.8 Å². The molecule has 0 unspecified atom stereocenters. The van der Waals surface area contributed by atoms with Gasteiger partial charge >= 0.3 is 5.97 Å². The third-order valence-electron chi connectivity index (χ3n) is 6.16. The monoisotopic (exact) mass is 592 g/mol. The molecule has 0 saturated carbocycles. The van der Waals surface area contributed by atoms with Crippen LogP contribution in [0.3, 0.4) is 0 Å². The molecule has 5 rings (SSSR count). The molecule has 2 aromatic carbocycles. The molecule has 8 heteroatoms. The molecule has 37 heavy (non-hydrogen) atoms. The van der Waals surface area contributed by atoms with E-state index in [2.05, 4.69) is 41.9 Å². The molecule has 0 aliphatic carbocycles. The molecule has 0 bridgehead atoms. The standard InChI is InChI=1S/C29H25BrN2O3S2/c1-4-35-28(34)24-25(19-8-6-5-7-9-19)31-29-32(26(24)20-12-10-18(11-13-20)17(2)3)27(33)22(37-29)16-21-14-15-23(30)36-21/h5-17,26H,4H2,1-3H3/b22-16+/t26-/m0/s1. The van der Waals surface area contributed by atoms with Crippen molar-refractivity contribution in [2.45, 2.75) is 32.7 Å². The lowest BCUT2D eigenvalue weighted by Crippen LogP contribution is -2.40. The first kappa shape index (κ1) is 25.6. The Bertz CT molecular complexity index is 1660. The number of thiophene rings is 1. The zero-order valence-corrected chi connectivity index (χ0v) is 23.8. The number of carbonyl (C=O) groups is 1. The number of carbonyl (C=O) groups excluding carboxylic acids is 1. The first-order chi connectivity index (χ1) is 17.9. The highest BCUT2D eigenvalue weighted by atomic mass is 79.9. The van der Waals surface area contributed by atoms with E-state index in [0.29, 0.717) is 26.5 Å². The van der Waals surface area contributed by atoms with Gasteiger partial charge in [-0.15, -0.1) is 11.3 Å². The van der Waals surface area contributed by atoms with Crippen molar-refractivity contribution >= 4 is 56.3 Å². The number of thiazole rings is 1. The minimum Gasteiger partial charge on any atom is -0.463 e. The molecule has 0 saturated heterocycles. The Morgan fingerprint density at radius 2 is 1.81 bits per heavy atom. The largest absolute Gasteiger partial charge is 0.463 e. The zero-order valence-electron chi connectivity index (χ0n) is 20.6. The molecular formula is C29H25BrN2O3S2. The maximum absolute atomic E-state index is 13.9. The Hall–Kier alpha value is -3.07. The van der Waals surface area contributed by atoms with Crippen molar-refractivity contribution in [3.05, 3.63) is 117 Å². The van der Waals surface area contributed by atoms with E-state index in [9.17, 15) is 9.59 Å². The summed E-state index contributed by atoms with van der Waals surface area (Å²) >= 11 is 6.38. The Labute approximate surface area is 231 Å². The third kappa shape index (κ3) is 5.06. The van der Waals surface area contributed by atoms with Gasteiger partial charge in [0.05, 0.1) is 32.2 Å². The van der Waals surface area contributed by atoms with E-state index in [1.807, 2.05) is 60.7 Å². The van der Waals surface area contributed by atoms with Gasteiger partial charge in [0, 0.05) is 10.4 Å². The van der Waals surface area contributed by atoms with Crippen molar-refractivity contribution < 1.29 is 9.53 Å². The summed E-state index contributed by atoms with van der Waals surface area (Å²) in [7, 11) is 0. The van der Waals surface area contributed by atoms with Crippen LogP contribution in [0.1, 0.15) is 54.3 Å². The van der Waals surface area contributed by atoms with Crippen molar-refractivity contribution in [2.75, 3.05) is 6.61 Å². The summed E-state index contributed by atoms with van der Waals surface area (Å²) in [5.41, 5.74) is 3.54. The van der Waals surface area contributed by atoms with Gasteiger partial charge < -0.3 is 4.74 Å². The van der Waals surface area contributed by atoms with Gasteiger partial charge in [0.25, 0.3) is 5.56 Å². The molecule has 188 valence electrons. The van der Waals surface area contributed by atoms with Crippen LogP contribution in [0.15, 0.2) is 85.9 Å². The number of rotatable bonds is 6. The van der Waals surface area contributed by atoms with Crippen LogP contribution in [-0.2, 0) is 9.53 Å². The second kappa shape index (κ2) is 10.7. The molecule has 0 spiro atoms. The molecule has 0 radical (unpaired) electrons. The SMILES string of the molecule is CCOC(=O)C1=C(c2ccccc2)N=c2s/c(=C/c3ccc(Br)s3)c(=O)n2[C@H]1c1ccc(C(C)C)cc1. The van der Waals surface area contributed by atoms with Crippen LogP contribution >= 0.6 is 38.6 Å². The highest BCUT2D eigenvalue weighted by Crippen LogP contribution is 2.35. The fraction of sp³-hybridized carbons (Fsp3) is 0.207. The van der Waals surface area contributed by atoms with Crippen molar-refractivity contribution in [1.29, 1.82) is 0 Å². The van der Waals surface area contributed by atoms with Crippen LogP contribution in [0.2, 0.25) is 0 Å². The third-order valence-corrected chi connectivity index (χ3v) is 8.71. The van der Waals surface area contributed by atoms with E-state index in [-0.39, 0.29) is 12.2 Å². The average molecular weight is 594 g/mol. The van der Waals surface area contributed by atoms with Crippen molar-refractivity contribution in [1.82, 2.24) is 4.57 Å². The van der Waals surface area contributed by atoms with Gasteiger partial charge in [0.15, 0.2) is 4.80 Å². The number of hydrogen-bond acceptors (Lipinski definition) is 6. The molecule has 2 aromatic heterocycles. The summed E-state index contributed by atoms with van der Waals surface area (Å²) in [5.74, 6) is -0.111. The number of halogens is 1. The number of aromatic nitrogens is 1. The summed E-state index contributed by atoms with van der Waals surface area (Å²) in [6.45, 7) is 6.28. The van der Waals surface area contributed by atoms with Gasteiger partial charge in [0.1, 0.15) is 0 Å². The molecule has 0 amide bonds. The van der Waals surface area contributed by atoms with E-state index in [1.165, 1.54) is 16.9 Å². The molecular weight excluding hydrogens is 568 g/mol. The predicted molar refractivity (Wildman–Crippen MR) is 154 cm³/mol. The first-order valence-electron chi connectivity index (χ1n) is 12.0. The van der Waals surface area contributed by atoms with E-state index in [0.717, 1.165) is 19.8 Å². The number of fused-ring (bicyclic) bond motifs is 1. The molecule has 1 aliphatic heterocycles. The second-order valence-electron chi connectivity index (χ2n) is 8.89. The normalized spacial score (nSPS) is 15.6. The lowest BCUT2D eigenvalue weighted by atomic mass is 9.91. The second-order valence-corrected chi connectivity index (χ2v) is 12.4. The highest BCUT2D eigenvalue weighted by Gasteiger charge is 2.35. The first-order valence-corrected chi connectivity index (χ1v) is 14.4. The summed E-state index contributed by atoms with van der Waals surface area (Å²) in [6, 6.07) is 21.0. The fourth-order valence-electron chi connectivity index (χ4n) is 4.35. The summed E-state index contributed by atoms with van der Waals surface area (Å²) < 4.78 is 8.72. The number of nitrogens with zero attached hydrogens (tertiary/aromatic N) is 2. The lowest BCUT2D eigenvalue weighted by molar-refractivity contribution is -0.138. The van der Waals surface area contributed by atoms with Gasteiger partial charge in [-0.3, -0.25) is 9.36 Å². The van der Waals surface area contributed by atoms with Gasteiger partial charge in [-0.1, -0.05) is 79.8 Å². The van der Waals surface area contributed by atoms with Crippen LogP contribution in [0.5, 0.6) is 0 Å². The van der Waals surface area contributed by atoms with E-state index in [4.69, 9.17) is 9.73 Å². The van der Waals surface area contributed by atoms with Crippen LogP contribution in [0.25, 0.3) is 11.8 Å². The topological polar surface area (TPSA) is 60.7 Å². The Balaban J connectivity index is 1.81. The zero-order chi connectivity index (χ0) is 26.1. The van der Waals surface area contributed by atoms with Gasteiger partial charge in [-0.2, -0.15) is 0 Å². The quantitative estimate of drug-likeness (QED) is 0.263. The van der Waals surface area contributed by atoms with Gasteiger partial charge in [-0.25, -0.2) is 9.79 Å². The minimum atomic E-state index is -0.663. The summed E-state index contributed by atoms with van der Waals surface area (Å²) in [4.78, 5) is 33.8. The van der Waals surface area contributed by atoms with E-state index < -0.39 is 12.0 Å². The molecule has 1 aliphatic rings. The van der Waals surface area contributed by atoms with Crippen molar-refractivity contribution in [3.8, 4) is 0 Å². The van der Waals surface area contributed by atoms with Gasteiger partial charge in [0.2, 0.25) is 0 Å². The molecule has 3 heterocycles. The minimum absolute atomic E-state index is 0.180. The van der Waals surface area contributed by atoms with Crippen LogP contribution < -0.4 is 14.9 Å². The molecule has 5 nitrogen and oxygen atoms in total. The van der Waals surface area contributed by atoms with Crippen molar-refractivity contribution in [2.24, 2.45) is 4.99 Å². The maximum atomic E-state index is 13.9. The fourth-order valence-corrected chi connectivity index (χ4v) is 6.79. The Morgan fingerprint density at radius 1 is 1.08 bits per heavy atom. The lowest BCUT2D eigenvalue weighted by Gasteiger charge is -2.26. The van der Waals surface area contributed by atoms with Crippen LogP contribution in [0, 0.1) is 0 Å². The Kier molecular flexibility index (Phi) is 7.42. The molecule has 0 N–H and O–H groups in total. The molecule has 1 atom stereocenters. The summed E-state index contributed by atoms with van der Waals surface area (Å²) in [5, 5.41) is 0. The smallest absolute Gasteiger partial charge is 0.338 e. The van der Waals surface area contributed by atoms with E-state index >= 15 is 0 Å². The maximum Gasteiger partial charge on any atom is 0.338 e. The predicted octanol–water partition coefficient (Wildman–Crippen LogP) is 5.88. The average Bonchev–Trinajstić information content (AvgIpc) is 3.45. The number of ether oxygens (including phenoxy) is 1. The highest BCUT2D eigenvalue weighted by molar-refractivity contribution is 9.11. The number of benzene rings is 2. The molecule has 0 fully saturated rings. The van der Waals surface area contributed by atoms with Crippen molar-refractivity contribution in [3.63, 3.8) is 0 Å². The number of hydrogen-bond donors (Lipinski definition) is 0. The van der Waals surface area contributed by atoms with Crippen LogP contribution in [-0.4, -0.2) is 17.1 Å². The summed E-state index contributed by atoms with van der Waals surface area (Å²) in [6.07, 6.45) is 1.88.